The Kier molecular flexibility index (Phi) is 6.47. The first-order chi connectivity index (χ1) is 16.2. The van der Waals surface area contributed by atoms with Gasteiger partial charge in [0.05, 0.1) is 33.6 Å². The maximum absolute atomic E-state index is 13.4. The lowest BCUT2D eigenvalue weighted by Crippen LogP contribution is -2.24. The molecule has 0 spiro atoms. The highest BCUT2D eigenvalue weighted by Gasteiger charge is 2.33. The Morgan fingerprint density at radius 3 is 2.32 bits per heavy atom. The van der Waals surface area contributed by atoms with Crippen LogP contribution in [0, 0.1) is 13.8 Å². The summed E-state index contributed by atoms with van der Waals surface area (Å²) in [7, 11) is 0. The Morgan fingerprint density at radius 1 is 0.971 bits per heavy atom. The van der Waals surface area contributed by atoms with Crippen LogP contribution < -0.4 is 10.9 Å². The lowest BCUT2D eigenvalue weighted by atomic mass is 10.1. The number of anilines is 1. The van der Waals surface area contributed by atoms with Crippen LogP contribution in [0.15, 0.2) is 76.7 Å². The highest BCUT2D eigenvalue weighted by Crippen LogP contribution is 2.34. The van der Waals surface area contributed by atoms with E-state index in [-0.39, 0.29) is 22.2 Å². The Morgan fingerprint density at radius 2 is 1.62 bits per heavy atom. The van der Waals surface area contributed by atoms with Crippen molar-refractivity contribution >= 4 is 34.3 Å². The van der Waals surface area contributed by atoms with Crippen LogP contribution in [0.1, 0.15) is 16.7 Å². The van der Waals surface area contributed by atoms with Crippen LogP contribution in [0.4, 0.5) is 18.9 Å². The monoisotopic (exact) mass is 483 g/mol. The standard InChI is InChI=1S/C25H20F3N3O2S/c1-15-8-7-9-16(2)22(15)31-23(33)17-10-3-5-12-19(17)30-24(31)34-14-21(32)29-20-13-6-4-11-18(20)25(26,27)28/h3-13H,14H2,1-2H3,(H,29,32). The molecule has 1 aromatic heterocycles. The van der Waals surface area contributed by atoms with Crippen molar-refractivity contribution in [3.8, 4) is 5.69 Å². The molecule has 34 heavy (non-hydrogen) atoms. The number of amides is 1. The zero-order valence-corrected chi connectivity index (χ0v) is 19.1. The van der Waals surface area contributed by atoms with E-state index in [0.717, 1.165) is 29.0 Å². The van der Waals surface area contributed by atoms with Crippen molar-refractivity contribution in [2.45, 2.75) is 25.2 Å². The van der Waals surface area contributed by atoms with E-state index in [1.807, 2.05) is 32.0 Å². The summed E-state index contributed by atoms with van der Waals surface area (Å²) in [5.41, 5.74) is 1.31. The fraction of sp³-hybridized carbons (Fsp3) is 0.160. The molecular formula is C25H20F3N3O2S. The van der Waals surface area contributed by atoms with Crippen LogP contribution in [0.2, 0.25) is 0 Å². The number of carbonyl (C=O) groups excluding carboxylic acids is 1. The van der Waals surface area contributed by atoms with Crippen molar-refractivity contribution in [3.05, 3.63) is 93.8 Å². The first-order valence-electron chi connectivity index (χ1n) is 10.3. The molecule has 0 saturated carbocycles. The van der Waals surface area contributed by atoms with Gasteiger partial charge in [-0.15, -0.1) is 0 Å². The number of fused-ring (bicyclic) bond motifs is 1. The number of halogens is 3. The summed E-state index contributed by atoms with van der Waals surface area (Å²) in [6, 6.07) is 17.3. The molecular weight excluding hydrogens is 463 g/mol. The Bertz CT molecular complexity index is 1430. The van der Waals surface area contributed by atoms with E-state index in [0.29, 0.717) is 16.6 Å². The molecule has 5 nitrogen and oxygen atoms in total. The zero-order chi connectivity index (χ0) is 24.5. The van der Waals surface area contributed by atoms with Gasteiger partial charge in [0, 0.05) is 0 Å². The van der Waals surface area contributed by atoms with Gasteiger partial charge in [0.25, 0.3) is 5.56 Å². The van der Waals surface area contributed by atoms with E-state index >= 15 is 0 Å². The molecule has 4 aromatic rings. The number of hydrogen-bond donors (Lipinski definition) is 1. The molecule has 0 fully saturated rings. The Balaban J connectivity index is 1.70. The van der Waals surface area contributed by atoms with Gasteiger partial charge in [0.2, 0.25) is 5.91 Å². The second kappa shape index (κ2) is 9.34. The molecule has 0 bridgehead atoms. The fourth-order valence-electron chi connectivity index (χ4n) is 3.72. The molecule has 0 aliphatic rings. The topological polar surface area (TPSA) is 64.0 Å². The molecule has 0 unspecified atom stereocenters. The summed E-state index contributed by atoms with van der Waals surface area (Å²) in [5, 5.41) is 3.03. The number of aromatic nitrogens is 2. The smallest absolute Gasteiger partial charge is 0.325 e. The fourth-order valence-corrected chi connectivity index (χ4v) is 4.52. The number of benzene rings is 3. The van der Waals surface area contributed by atoms with Crippen LogP contribution in [0.3, 0.4) is 0 Å². The van der Waals surface area contributed by atoms with E-state index < -0.39 is 17.6 Å². The molecule has 1 amide bonds. The number of alkyl halides is 3. The van der Waals surface area contributed by atoms with E-state index in [1.165, 1.54) is 22.8 Å². The molecule has 0 saturated heterocycles. The maximum Gasteiger partial charge on any atom is 0.418 e. The minimum atomic E-state index is -4.60. The van der Waals surface area contributed by atoms with Crippen molar-refractivity contribution < 1.29 is 18.0 Å². The van der Waals surface area contributed by atoms with E-state index in [4.69, 9.17) is 0 Å². The summed E-state index contributed by atoms with van der Waals surface area (Å²) >= 11 is 0.988. The summed E-state index contributed by atoms with van der Waals surface area (Å²) in [6.07, 6.45) is -4.60. The van der Waals surface area contributed by atoms with Gasteiger partial charge in [-0.25, -0.2) is 4.98 Å². The third-order valence-electron chi connectivity index (χ3n) is 5.25. The average molecular weight is 484 g/mol. The second-order valence-electron chi connectivity index (χ2n) is 7.67. The number of carbonyl (C=O) groups is 1. The molecule has 9 heteroatoms. The zero-order valence-electron chi connectivity index (χ0n) is 18.3. The number of rotatable bonds is 5. The highest BCUT2D eigenvalue weighted by molar-refractivity contribution is 7.99. The third kappa shape index (κ3) is 4.70. The quantitative estimate of drug-likeness (QED) is 0.290. The number of nitrogens with one attached hydrogen (secondary N) is 1. The highest BCUT2D eigenvalue weighted by atomic mass is 32.2. The summed E-state index contributed by atoms with van der Waals surface area (Å²) in [4.78, 5) is 30.6. The van der Waals surface area contributed by atoms with Crippen molar-refractivity contribution in [2.75, 3.05) is 11.1 Å². The number of hydrogen-bond acceptors (Lipinski definition) is 4. The number of para-hydroxylation sites is 3. The molecule has 3 aromatic carbocycles. The minimum Gasteiger partial charge on any atom is -0.325 e. The first kappa shape index (κ1) is 23.6. The van der Waals surface area contributed by atoms with Crippen molar-refractivity contribution in [1.29, 1.82) is 0 Å². The molecule has 0 radical (unpaired) electrons. The minimum absolute atomic E-state index is 0.234. The molecule has 0 atom stereocenters. The first-order valence-corrected chi connectivity index (χ1v) is 11.3. The van der Waals surface area contributed by atoms with E-state index in [1.54, 1.807) is 24.3 Å². The lowest BCUT2D eigenvalue weighted by Gasteiger charge is -2.17. The molecule has 0 aliphatic heterocycles. The van der Waals surface area contributed by atoms with Gasteiger partial charge < -0.3 is 5.32 Å². The predicted octanol–water partition coefficient (Wildman–Crippen LogP) is 5.75. The van der Waals surface area contributed by atoms with Crippen LogP contribution in [-0.2, 0) is 11.0 Å². The van der Waals surface area contributed by atoms with Crippen LogP contribution in [-0.4, -0.2) is 21.2 Å². The van der Waals surface area contributed by atoms with Crippen LogP contribution in [0.5, 0.6) is 0 Å². The van der Waals surface area contributed by atoms with E-state index in [2.05, 4.69) is 10.3 Å². The van der Waals surface area contributed by atoms with E-state index in [9.17, 15) is 22.8 Å². The Hall–Kier alpha value is -3.59. The molecule has 174 valence electrons. The summed E-state index contributed by atoms with van der Waals surface area (Å²) in [5.74, 6) is -0.876. The lowest BCUT2D eigenvalue weighted by molar-refractivity contribution is -0.137. The van der Waals surface area contributed by atoms with Crippen LogP contribution in [0.25, 0.3) is 16.6 Å². The van der Waals surface area contributed by atoms with Gasteiger partial charge in [-0.2, -0.15) is 13.2 Å². The third-order valence-corrected chi connectivity index (χ3v) is 6.19. The normalized spacial score (nSPS) is 11.6. The van der Waals surface area contributed by atoms with Crippen LogP contribution >= 0.6 is 11.8 Å². The summed E-state index contributed by atoms with van der Waals surface area (Å²) < 4.78 is 41.2. The van der Waals surface area contributed by atoms with Gasteiger partial charge in [-0.3, -0.25) is 14.2 Å². The molecule has 4 rings (SSSR count). The SMILES string of the molecule is Cc1cccc(C)c1-n1c(SCC(=O)Nc2ccccc2C(F)(F)F)nc2ccccc2c1=O. The van der Waals surface area contributed by atoms with Gasteiger partial charge in [0.15, 0.2) is 5.16 Å². The van der Waals surface area contributed by atoms with Gasteiger partial charge in [0.1, 0.15) is 0 Å². The molecule has 0 aliphatic carbocycles. The number of aryl methyl sites for hydroxylation is 2. The van der Waals surface area contributed by atoms with Gasteiger partial charge in [-0.1, -0.05) is 54.2 Å². The molecule has 1 heterocycles. The van der Waals surface area contributed by atoms with Crippen molar-refractivity contribution in [1.82, 2.24) is 9.55 Å². The predicted molar refractivity (Wildman–Crippen MR) is 128 cm³/mol. The average Bonchev–Trinajstić information content (AvgIpc) is 2.79. The maximum atomic E-state index is 13.4. The Labute approximate surface area is 197 Å². The largest absolute Gasteiger partial charge is 0.418 e. The van der Waals surface area contributed by atoms with Crippen molar-refractivity contribution in [3.63, 3.8) is 0 Å². The van der Waals surface area contributed by atoms with Gasteiger partial charge in [-0.05, 0) is 49.2 Å². The van der Waals surface area contributed by atoms with Gasteiger partial charge >= 0.3 is 6.18 Å². The number of thioether (sulfide) groups is 1. The van der Waals surface area contributed by atoms with Crippen molar-refractivity contribution in [2.24, 2.45) is 0 Å². The summed E-state index contributed by atoms with van der Waals surface area (Å²) in [6.45, 7) is 3.75. The second-order valence-corrected chi connectivity index (χ2v) is 8.62. The number of nitrogens with zero attached hydrogens (tertiary/aromatic N) is 2. The molecule has 1 N–H and O–H groups in total.